The number of rotatable bonds is 4. The highest BCUT2D eigenvalue weighted by atomic mass is 32.2. The van der Waals surface area contributed by atoms with E-state index < -0.39 is 17.2 Å². The number of carboxylic acid groups (broad SMARTS) is 2. The minimum atomic E-state index is -1.05. The van der Waals surface area contributed by atoms with Gasteiger partial charge in [0, 0.05) is 4.90 Å². The molecule has 0 aromatic heterocycles. The van der Waals surface area contributed by atoms with Gasteiger partial charge in [0.25, 0.3) is 0 Å². The SMILES string of the molecule is C[C@@H](Sc1ccccc1C(=O)O)C(=O)O. The Morgan fingerprint density at radius 3 is 2.40 bits per heavy atom. The molecule has 1 aromatic carbocycles. The van der Waals surface area contributed by atoms with Crippen LogP contribution in [0.15, 0.2) is 29.2 Å². The fraction of sp³-hybridized carbons (Fsp3) is 0.200. The molecule has 0 spiro atoms. The van der Waals surface area contributed by atoms with Crippen LogP contribution in [0.25, 0.3) is 0 Å². The van der Waals surface area contributed by atoms with Crippen LogP contribution in [-0.4, -0.2) is 27.4 Å². The van der Waals surface area contributed by atoms with Crippen molar-refractivity contribution in [3.63, 3.8) is 0 Å². The van der Waals surface area contributed by atoms with Crippen LogP contribution in [0.1, 0.15) is 17.3 Å². The highest BCUT2D eigenvalue weighted by Gasteiger charge is 2.16. The summed E-state index contributed by atoms with van der Waals surface area (Å²) in [6, 6.07) is 6.36. The molecule has 1 aromatic rings. The Hall–Kier alpha value is -1.49. The number of hydrogen-bond donors (Lipinski definition) is 2. The monoisotopic (exact) mass is 226 g/mol. The van der Waals surface area contributed by atoms with Crippen LogP contribution in [-0.2, 0) is 4.79 Å². The first kappa shape index (κ1) is 11.6. The molecule has 0 aliphatic rings. The minimum absolute atomic E-state index is 0.135. The van der Waals surface area contributed by atoms with Gasteiger partial charge in [-0.3, -0.25) is 4.79 Å². The van der Waals surface area contributed by atoms with Gasteiger partial charge in [-0.1, -0.05) is 12.1 Å². The van der Waals surface area contributed by atoms with E-state index in [0.717, 1.165) is 11.8 Å². The van der Waals surface area contributed by atoms with E-state index in [-0.39, 0.29) is 5.56 Å². The maximum absolute atomic E-state index is 10.8. The van der Waals surface area contributed by atoms with Crippen molar-refractivity contribution in [1.82, 2.24) is 0 Å². The molecule has 0 bridgehead atoms. The van der Waals surface area contributed by atoms with E-state index in [1.165, 1.54) is 13.0 Å². The van der Waals surface area contributed by atoms with E-state index in [9.17, 15) is 9.59 Å². The molecule has 0 aliphatic carbocycles. The molecular weight excluding hydrogens is 216 g/mol. The first-order valence-electron chi connectivity index (χ1n) is 4.24. The number of thioether (sulfide) groups is 1. The van der Waals surface area contributed by atoms with Gasteiger partial charge in [0.2, 0.25) is 0 Å². The van der Waals surface area contributed by atoms with Gasteiger partial charge >= 0.3 is 11.9 Å². The fourth-order valence-electron chi connectivity index (χ4n) is 0.987. The normalized spacial score (nSPS) is 12.1. The zero-order valence-corrected chi connectivity index (χ0v) is 8.82. The molecule has 0 radical (unpaired) electrons. The topological polar surface area (TPSA) is 74.6 Å². The molecule has 2 N–H and O–H groups in total. The molecule has 1 rings (SSSR count). The Morgan fingerprint density at radius 2 is 1.87 bits per heavy atom. The van der Waals surface area contributed by atoms with Crippen molar-refractivity contribution in [1.29, 1.82) is 0 Å². The molecule has 0 unspecified atom stereocenters. The van der Waals surface area contributed by atoms with E-state index in [0.29, 0.717) is 4.90 Å². The van der Waals surface area contributed by atoms with Gasteiger partial charge in [0.1, 0.15) is 5.25 Å². The second kappa shape index (κ2) is 4.84. The van der Waals surface area contributed by atoms with Crippen molar-refractivity contribution in [2.24, 2.45) is 0 Å². The summed E-state index contributed by atoms with van der Waals surface area (Å²) >= 11 is 1.03. The number of carbonyl (C=O) groups is 2. The molecule has 0 aliphatic heterocycles. The molecular formula is C10H10O4S. The highest BCUT2D eigenvalue weighted by molar-refractivity contribution is 8.00. The van der Waals surface area contributed by atoms with E-state index >= 15 is 0 Å². The van der Waals surface area contributed by atoms with Gasteiger partial charge in [-0.15, -0.1) is 11.8 Å². The zero-order valence-electron chi connectivity index (χ0n) is 8.01. The van der Waals surface area contributed by atoms with Crippen LogP contribution in [0.4, 0.5) is 0 Å². The summed E-state index contributed by atoms with van der Waals surface area (Å²) in [6.07, 6.45) is 0. The molecule has 15 heavy (non-hydrogen) atoms. The van der Waals surface area contributed by atoms with Gasteiger partial charge in [-0.05, 0) is 19.1 Å². The third-order valence-corrected chi connectivity index (χ3v) is 2.93. The molecule has 1 atom stereocenters. The van der Waals surface area contributed by atoms with Crippen LogP contribution in [0, 0.1) is 0 Å². The molecule has 80 valence electrons. The maximum Gasteiger partial charge on any atom is 0.336 e. The molecule has 5 heteroatoms. The number of benzene rings is 1. The van der Waals surface area contributed by atoms with Crippen molar-refractivity contribution < 1.29 is 19.8 Å². The lowest BCUT2D eigenvalue weighted by atomic mass is 10.2. The number of hydrogen-bond acceptors (Lipinski definition) is 3. The molecule has 0 saturated heterocycles. The maximum atomic E-state index is 10.8. The lowest BCUT2D eigenvalue weighted by Gasteiger charge is -2.08. The predicted octanol–water partition coefficient (Wildman–Crippen LogP) is 1.95. The standard InChI is InChI=1S/C10H10O4S/c1-6(9(11)12)15-8-5-3-2-4-7(8)10(13)14/h2-6H,1H3,(H,11,12)(H,13,14)/t6-/m1/s1. The quantitative estimate of drug-likeness (QED) is 0.767. The average Bonchev–Trinajstić information content (AvgIpc) is 2.18. The Balaban J connectivity index is 2.94. The van der Waals surface area contributed by atoms with Crippen molar-refractivity contribution in [2.45, 2.75) is 17.1 Å². The zero-order chi connectivity index (χ0) is 11.4. The Labute approximate surface area is 90.9 Å². The summed E-state index contributed by atoms with van der Waals surface area (Å²) < 4.78 is 0. The Morgan fingerprint density at radius 1 is 1.27 bits per heavy atom. The van der Waals surface area contributed by atoms with Gasteiger partial charge in [-0.25, -0.2) is 4.79 Å². The lowest BCUT2D eigenvalue weighted by molar-refractivity contribution is -0.136. The summed E-state index contributed by atoms with van der Waals surface area (Å²) in [5.41, 5.74) is 0.135. The first-order chi connectivity index (χ1) is 7.02. The van der Waals surface area contributed by atoms with Crippen molar-refractivity contribution in [3.05, 3.63) is 29.8 Å². The van der Waals surface area contributed by atoms with Gasteiger partial charge in [0.05, 0.1) is 5.56 Å². The molecule has 0 saturated carbocycles. The van der Waals surface area contributed by atoms with Crippen molar-refractivity contribution in [2.75, 3.05) is 0 Å². The lowest BCUT2D eigenvalue weighted by Crippen LogP contribution is -2.12. The van der Waals surface area contributed by atoms with Crippen LogP contribution in [0.2, 0.25) is 0 Å². The molecule has 0 amide bonds. The third-order valence-electron chi connectivity index (χ3n) is 1.77. The first-order valence-corrected chi connectivity index (χ1v) is 5.12. The predicted molar refractivity (Wildman–Crippen MR) is 56.4 cm³/mol. The third kappa shape index (κ3) is 2.99. The van der Waals surface area contributed by atoms with E-state index in [1.807, 2.05) is 0 Å². The summed E-state index contributed by atoms with van der Waals surface area (Å²) in [7, 11) is 0. The molecule has 0 heterocycles. The number of carboxylic acids is 2. The fourth-order valence-corrected chi connectivity index (χ4v) is 1.91. The largest absolute Gasteiger partial charge is 0.480 e. The minimum Gasteiger partial charge on any atom is -0.480 e. The van der Waals surface area contributed by atoms with E-state index in [1.54, 1.807) is 18.2 Å². The van der Waals surface area contributed by atoms with E-state index in [2.05, 4.69) is 0 Å². The summed E-state index contributed by atoms with van der Waals surface area (Å²) in [6.45, 7) is 1.52. The summed E-state index contributed by atoms with van der Waals surface area (Å²) in [4.78, 5) is 21.9. The number of aliphatic carboxylic acids is 1. The van der Waals surface area contributed by atoms with Crippen LogP contribution in [0.5, 0.6) is 0 Å². The smallest absolute Gasteiger partial charge is 0.336 e. The van der Waals surface area contributed by atoms with Crippen LogP contribution in [0.3, 0.4) is 0 Å². The van der Waals surface area contributed by atoms with Crippen molar-refractivity contribution in [3.8, 4) is 0 Å². The van der Waals surface area contributed by atoms with Crippen LogP contribution >= 0.6 is 11.8 Å². The van der Waals surface area contributed by atoms with Gasteiger partial charge < -0.3 is 10.2 Å². The number of aromatic carboxylic acids is 1. The van der Waals surface area contributed by atoms with Crippen molar-refractivity contribution >= 4 is 23.7 Å². The summed E-state index contributed by atoms with van der Waals surface area (Å²) in [5, 5.41) is 16.9. The van der Waals surface area contributed by atoms with Gasteiger partial charge in [-0.2, -0.15) is 0 Å². The molecule has 4 nitrogen and oxygen atoms in total. The second-order valence-corrected chi connectivity index (χ2v) is 4.28. The highest BCUT2D eigenvalue weighted by Crippen LogP contribution is 2.26. The Kier molecular flexibility index (Phi) is 3.74. The second-order valence-electron chi connectivity index (χ2n) is 2.90. The Bertz CT molecular complexity index is 389. The van der Waals surface area contributed by atoms with Crippen LogP contribution < -0.4 is 0 Å². The molecule has 0 fully saturated rings. The summed E-state index contributed by atoms with van der Waals surface area (Å²) in [5.74, 6) is -2.00. The average molecular weight is 226 g/mol. The van der Waals surface area contributed by atoms with Gasteiger partial charge in [0.15, 0.2) is 0 Å². The van der Waals surface area contributed by atoms with E-state index in [4.69, 9.17) is 10.2 Å².